The van der Waals surface area contributed by atoms with Crippen LogP contribution in [0.15, 0.2) is 15.7 Å². The van der Waals surface area contributed by atoms with Gasteiger partial charge in [0.1, 0.15) is 11.6 Å². The highest BCUT2D eigenvalue weighted by molar-refractivity contribution is 9.10. The minimum atomic E-state index is -4.22. The zero-order chi connectivity index (χ0) is 12.5. The minimum absolute atomic E-state index is 0.316. The Morgan fingerprint density at radius 1 is 1.56 bits per heavy atom. The van der Waals surface area contributed by atoms with Crippen LogP contribution in [0.5, 0.6) is 0 Å². The number of halogens is 3. The van der Waals surface area contributed by atoms with Crippen molar-refractivity contribution in [2.75, 3.05) is 0 Å². The van der Waals surface area contributed by atoms with Crippen LogP contribution in [0, 0.1) is 11.3 Å². The summed E-state index contributed by atoms with van der Waals surface area (Å²) < 4.78 is 46.5. The summed E-state index contributed by atoms with van der Waals surface area (Å²) in [7, 11) is -4.22. The second kappa shape index (κ2) is 4.40. The molecule has 0 saturated heterocycles. The molecule has 86 valence electrons. The third kappa shape index (κ3) is 2.34. The number of nitrogens with zero attached hydrogens (tertiary/aromatic N) is 2. The predicted molar refractivity (Wildman–Crippen MR) is 53.0 cm³/mol. The third-order valence-corrected chi connectivity index (χ3v) is 3.33. The molecule has 0 unspecified atom stereocenters. The average Bonchev–Trinajstić information content (AvgIpc) is 2.15. The first-order valence-electron chi connectivity index (χ1n) is 3.68. The minimum Gasteiger partial charge on any atom is -0.242 e. The van der Waals surface area contributed by atoms with Crippen molar-refractivity contribution in [3.8, 4) is 6.07 Å². The number of primary sulfonamides is 1. The Bertz CT molecular complexity index is 568. The van der Waals surface area contributed by atoms with Gasteiger partial charge in [-0.15, -0.1) is 0 Å². The molecule has 2 N–H and O–H groups in total. The van der Waals surface area contributed by atoms with Crippen molar-refractivity contribution >= 4 is 26.0 Å². The van der Waals surface area contributed by atoms with Crippen molar-refractivity contribution in [2.45, 2.75) is 11.5 Å². The molecule has 1 heterocycles. The standard InChI is InChI=1S/C7H4BrF2N3O2S/c8-5-3(1-11)7(16(12,14)15)13-2-4(5)6(9)10/h2,6H,(H2,12,14,15). The average molecular weight is 312 g/mol. The normalized spacial score (nSPS) is 11.5. The number of alkyl halides is 2. The van der Waals surface area contributed by atoms with Gasteiger partial charge in [-0.05, 0) is 15.9 Å². The smallest absolute Gasteiger partial charge is 0.242 e. The Morgan fingerprint density at radius 2 is 2.12 bits per heavy atom. The van der Waals surface area contributed by atoms with E-state index in [-0.39, 0.29) is 4.47 Å². The molecule has 5 nitrogen and oxygen atoms in total. The summed E-state index contributed by atoms with van der Waals surface area (Å²) in [5.41, 5.74) is -1.09. The van der Waals surface area contributed by atoms with Crippen LogP contribution in [0.3, 0.4) is 0 Å². The molecule has 0 aliphatic heterocycles. The van der Waals surface area contributed by atoms with Gasteiger partial charge >= 0.3 is 0 Å². The number of hydrogen-bond donors (Lipinski definition) is 1. The fourth-order valence-corrected chi connectivity index (χ4v) is 2.27. The van der Waals surface area contributed by atoms with Crippen LogP contribution in [-0.4, -0.2) is 13.4 Å². The Hall–Kier alpha value is -1.11. The van der Waals surface area contributed by atoms with Crippen molar-refractivity contribution in [2.24, 2.45) is 5.14 Å². The summed E-state index contributed by atoms with van der Waals surface area (Å²) in [5, 5.41) is 12.7. The van der Waals surface area contributed by atoms with Gasteiger partial charge in [0.15, 0.2) is 5.03 Å². The molecule has 0 amide bonds. The van der Waals surface area contributed by atoms with E-state index in [0.29, 0.717) is 6.20 Å². The molecular weight excluding hydrogens is 308 g/mol. The van der Waals surface area contributed by atoms with E-state index in [1.54, 1.807) is 0 Å². The number of aromatic nitrogens is 1. The summed E-state index contributed by atoms with van der Waals surface area (Å²) >= 11 is 2.72. The van der Waals surface area contributed by atoms with E-state index in [0.717, 1.165) is 0 Å². The number of hydrogen-bond acceptors (Lipinski definition) is 4. The molecule has 0 radical (unpaired) electrons. The SMILES string of the molecule is N#Cc1c(S(N)(=O)=O)ncc(C(F)F)c1Br. The van der Waals surface area contributed by atoms with Crippen molar-refractivity contribution in [3.63, 3.8) is 0 Å². The molecule has 9 heteroatoms. The molecule has 0 aliphatic carbocycles. The van der Waals surface area contributed by atoms with E-state index in [1.807, 2.05) is 0 Å². The summed E-state index contributed by atoms with van der Waals surface area (Å²) in [5.74, 6) is 0. The zero-order valence-corrected chi connectivity index (χ0v) is 9.89. The first-order valence-corrected chi connectivity index (χ1v) is 6.02. The summed E-state index contributed by atoms with van der Waals surface area (Å²) in [6.45, 7) is 0. The highest BCUT2D eigenvalue weighted by atomic mass is 79.9. The molecule has 0 aromatic carbocycles. The lowest BCUT2D eigenvalue weighted by Crippen LogP contribution is -2.16. The Kier molecular flexibility index (Phi) is 3.57. The van der Waals surface area contributed by atoms with Crippen molar-refractivity contribution < 1.29 is 17.2 Å². The molecule has 0 spiro atoms. The molecule has 1 aromatic heterocycles. The Labute approximate surface area is 98.1 Å². The molecule has 0 aliphatic rings. The topological polar surface area (TPSA) is 96.8 Å². The molecular formula is C7H4BrF2N3O2S. The first-order chi connectivity index (χ1) is 7.29. The fourth-order valence-electron chi connectivity index (χ4n) is 0.952. The highest BCUT2D eigenvalue weighted by Crippen LogP contribution is 2.31. The molecule has 0 bridgehead atoms. The number of sulfonamides is 1. The Balaban J connectivity index is 3.62. The maximum atomic E-state index is 12.4. The van der Waals surface area contributed by atoms with Crippen LogP contribution in [0.4, 0.5) is 8.78 Å². The van der Waals surface area contributed by atoms with Crippen LogP contribution in [0.25, 0.3) is 0 Å². The van der Waals surface area contributed by atoms with Crippen molar-refractivity contribution in [1.82, 2.24) is 4.98 Å². The largest absolute Gasteiger partial charge is 0.266 e. The van der Waals surface area contributed by atoms with Gasteiger partial charge in [0.25, 0.3) is 16.4 Å². The van der Waals surface area contributed by atoms with Crippen LogP contribution in [-0.2, 0) is 10.0 Å². The molecule has 1 rings (SSSR count). The second-order valence-corrected chi connectivity index (χ2v) is 4.93. The second-order valence-electron chi connectivity index (χ2n) is 2.67. The summed E-state index contributed by atoms with van der Waals surface area (Å²) in [4.78, 5) is 3.26. The van der Waals surface area contributed by atoms with Crippen LogP contribution in [0.1, 0.15) is 17.6 Å². The number of nitriles is 1. The molecule has 16 heavy (non-hydrogen) atoms. The van der Waals surface area contributed by atoms with Crippen LogP contribution in [0.2, 0.25) is 0 Å². The fraction of sp³-hybridized carbons (Fsp3) is 0.143. The zero-order valence-electron chi connectivity index (χ0n) is 7.49. The van der Waals surface area contributed by atoms with Gasteiger partial charge in [-0.1, -0.05) is 0 Å². The van der Waals surface area contributed by atoms with Gasteiger partial charge in [0.2, 0.25) is 0 Å². The number of pyridine rings is 1. The maximum absolute atomic E-state index is 12.4. The van der Waals surface area contributed by atoms with E-state index in [2.05, 4.69) is 20.9 Å². The lowest BCUT2D eigenvalue weighted by Gasteiger charge is -2.07. The van der Waals surface area contributed by atoms with E-state index >= 15 is 0 Å². The van der Waals surface area contributed by atoms with E-state index in [4.69, 9.17) is 10.4 Å². The quantitative estimate of drug-likeness (QED) is 0.890. The monoisotopic (exact) mass is 311 g/mol. The van der Waals surface area contributed by atoms with Gasteiger partial charge in [-0.2, -0.15) is 5.26 Å². The molecule has 0 fully saturated rings. The van der Waals surface area contributed by atoms with Gasteiger partial charge < -0.3 is 0 Å². The third-order valence-electron chi connectivity index (χ3n) is 1.62. The van der Waals surface area contributed by atoms with Crippen molar-refractivity contribution in [3.05, 3.63) is 21.8 Å². The lowest BCUT2D eigenvalue weighted by molar-refractivity contribution is 0.150. The number of rotatable bonds is 2. The maximum Gasteiger partial charge on any atom is 0.266 e. The lowest BCUT2D eigenvalue weighted by atomic mass is 10.2. The summed E-state index contributed by atoms with van der Waals surface area (Å²) in [6, 6.07) is 1.46. The molecule has 0 atom stereocenters. The van der Waals surface area contributed by atoms with Gasteiger partial charge in [-0.3, -0.25) is 0 Å². The van der Waals surface area contributed by atoms with Crippen LogP contribution >= 0.6 is 15.9 Å². The van der Waals surface area contributed by atoms with Gasteiger partial charge in [0.05, 0.1) is 5.56 Å². The highest BCUT2D eigenvalue weighted by Gasteiger charge is 2.23. The van der Waals surface area contributed by atoms with Gasteiger partial charge in [-0.25, -0.2) is 27.3 Å². The van der Waals surface area contributed by atoms with E-state index in [1.165, 1.54) is 6.07 Å². The number of nitrogens with two attached hydrogens (primary N) is 1. The first kappa shape index (κ1) is 13.0. The van der Waals surface area contributed by atoms with E-state index in [9.17, 15) is 17.2 Å². The molecule has 0 saturated carbocycles. The predicted octanol–water partition coefficient (Wildman–Crippen LogP) is 1.30. The molecule has 1 aromatic rings. The Morgan fingerprint density at radius 3 is 2.50 bits per heavy atom. The van der Waals surface area contributed by atoms with Gasteiger partial charge in [0, 0.05) is 10.7 Å². The summed E-state index contributed by atoms with van der Waals surface area (Å²) in [6.07, 6.45) is -2.21. The van der Waals surface area contributed by atoms with Crippen molar-refractivity contribution in [1.29, 1.82) is 5.26 Å². The van der Waals surface area contributed by atoms with Crippen LogP contribution < -0.4 is 5.14 Å². The van der Waals surface area contributed by atoms with E-state index < -0.39 is 32.6 Å².